The van der Waals surface area contributed by atoms with Crippen molar-refractivity contribution in [2.24, 2.45) is 0 Å². The number of carbonyl (C=O) groups excluding carboxylic acids is 3. The lowest BCUT2D eigenvalue weighted by atomic mass is 9.98. The molecule has 2 saturated heterocycles. The zero-order valence-corrected chi connectivity index (χ0v) is 15.6. The molecule has 146 valence electrons. The molecule has 3 amide bonds. The fourth-order valence-corrected chi connectivity index (χ4v) is 3.83. The van der Waals surface area contributed by atoms with Crippen LogP contribution in [0.15, 0.2) is 47.1 Å². The second-order valence-electron chi connectivity index (χ2n) is 7.25. The fourth-order valence-electron chi connectivity index (χ4n) is 3.83. The predicted octanol–water partition coefficient (Wildman–Crippen LogP) is 1.93. The highest BCUT2D eigenvalue weighted by atomic mass is 16.3. The minimum Gasteiger partial charge on any atom is -0.467 e. The number of hydrogen-bond acceptors (Lipinski definition) is 4. The molecule has 0 aliphatic carbocycles. The Labute approximate surface area is 163 Å². The SMILES string of the molecule is O=C(NCc1ccco1)c1ccc(CN2CC(=O)N3CCCC[C@H]3C2=O)cc1. The fraction of sp³-hybridized carbons (Fsp3) is 0.381. The third-order valence-electron chi connectivity index (χ3n) is 5.34. The first-order valence-electron chi connectivity index (χ1n) is 9.59. The van der Waals surface area contributed by atoms with Gasteiger partial charge in [0.05, 0.1) is 12.8 Å². The van der Waals surface area contributed by atoms with E-state index in [9.17, 15) is 14.4 Å². The van der Waals surface area contributed by atoms with Crippen LogP contribution in [-0.2, 0) is 22.7 Å². The summed E-state index contributed by atoms with van der Waals surface area (Å²) < 4.78 is 5.20. The largest absolute Gasteiger partial charge is 0.467 e. The van der Waals surface area contributed by atoms with E-state index in [1.54, 1.807) is 40.3 Å². The van der Waals surface area contributed by atoms with E-state index in [-0.39, 0.29) is 30.3 Å². The maximum atomic E-state index is 12.7. The molecule has 1 atom stereocenters. The second-order valence-corrected chi connectivity index (χ2v) is 7.25. The maximum absolute atomic E-state index is 12.7. The van der Waals surface area contributed by atoms with Crippen molar-refractivity contribution < 1.29 is 18.8 Å². The zero-order valence-electron chi connectivity index (χ0n) is 15.6. The van der Waals surface area contributed by atoms with Gasteiger partial charge in [-0.05, 0) is 49.1 Å². The Morgan fingerprint density at radius 2 is 1.96 bits per heavy atom. The Balaban J connectivity index is 1.37. The summed E-state index contributed by atoms with van der Waals surface area (Å²) in [5.74, 6) is 0.554. The molecule has 1 aromatic carbocycles. The number of rotatable bonds is 5. The van der Waals surface area contributed by atoms with E-state index in [1.165, 1.54) is 0 Å². The molecule has 4 rings (SSSR count). The highest BCUT2D eigenvalue weighted by Crippen LogP contribution is 2.24. The summed E-state index contributed by atoms with van der Waals surface area (Å²) in [4.78, 5) is 40.7. The van der Waals surface area contributed by atoms with Gasteiger partial charge in [0, 0.05) is 18.7 Å². The summed E-state index contributed by atoms with van der Waals surface area (Å²) in [6.45, 7) is 1.52. The molecule has 7 heteroatoms. The number of hydrogen-bond donors (Lipinski definition) is 1. The summed E-state index contributed by atoms with van der Waals surface area (Å²) in [6.07, 6.45) is 4.26. The summed E-state index contributed by atoms with van der Waals surface area (Å²) in [6, 6.07) is 10.4. The summed E-state index contributed by atoms with van der Waals surface area (Å²) >= 11 is 0. The van der Waals surface area contributed by atoms with Gasteiger partial charge in [-0.1, -0.05) is 12.1 Å². The normalized spacial score (nSPS) is 19.5. The molecular weight excluding hydrogens is 358 g/mol. The van der Waals surface area contributed by atoms with Crippen LogP contribution in [0.3, 0.4) is 0 Å². The van der Waals surface area contributed by atoms with E-state index in [0.29, 0.717) is 31.0 Å². The average Bonchev–Trinajstić information content (AvgIpc) is 3.24. The molecule has 3 heterocycles. The molecule has 2 aliphatic rings. The molecule has 0 unspecified atom stereocenters. The first kappa shape index (κ1) is 18.3. The van der Waals surface area contributed by atoms with E-state index in [4.69, 9.17) is 4.42 Å². The molecule has 2 aromatic rings. The minimum atomic E-state index is -0.304. The van der Waals surface area contributed by atoms with Crippen molar-refractivity contribution in [2.45, 2.75) is 38.4 Å². The van der Waals surface area contributed by atoms with Crippen molar-refractivity contribution in [3.05, 3.63) is 59.5 Å². The topological polar surface area (TPSA) is 82.9 Å². The number of nitrogens with zero attached hydrogens (tertiary/aromatic N) is 2. The lowest BCUT2D eigenvalue weighted by Gasteiger charge is -2.42. The molecule has 0 spiro atoms. The number of amides is 3. The summed E-state index contributed by atoms with van der Waals surface area (Å²) in [5, 5.41) is 2.80. The third kappa shape index (κ3) is 3.78. The standard InChI is InChI=1S/C21H23N3O4/c25-19-14-23(21(27)18-5-1-2-10-24(18)19)13-15-6-8-16(9-7-15)20(26)22-12-17-4-3-11-28-17/h3-4,6-9,11,18H,1-2,5,10,12-14H2,(H,22,26)/t18-/m0/s1. The molecule has 7 nitrogen and oxygen atoms in total. The highest BCUT2D eigenvalue weighted by Gasteiger charge is 2.40. The van der Waals surface area contributed by atoms with Gasteiger partial charge < -0.3 is 19.5 Å². The lowest BCUT2D eigenvalue weighted by Crippen LogP contribution is -2.60. The number of carbonyl (C=O) groups is 3. The Kier molecular flexibility index (Phi) is 5.14. The molecule has 1 N–H and O–H groups in total. The van der Waals surface area contributed by atoms with Crippen molar-refractivity contribution >= 4 is 17.7 Å². The van der Waals surface area contributed by atoms with Crippen LogP contribution in [-0.4, -0.2) is 46.7 Å². The van der Waals surface area contributed by atoms with Crippen LogP contribution in [0.5, 0.6) is 0 Å². The van der Waals surface area contributed by atoms with Crippen LogP contribution in [0.25, 0.3) is 0 Å². The van der Waals surface area contributed by atoms with Crippen LogP contribution in [0, 0.1) is 0 Å². The van der Waals surface area contributed by atoms with E-state index in [2.05, 4.69) is 5.32 Å². The Morgan fingerprint density at radius 3 is 2.71 bits per heavy atom. The number of nitrogens with one attached hydrogen (secondary N) is 1. The molecule has 1 aromatic heterocycles. The second kappa shape index (κ2) is 7.88. The van der Waals surface area contributed by atoms with Crippen molar-refractivity contribution in [3.63, 3.8) is 0 Å². The van der Waals surface area contributed by atoms with E-state index < -0.39 is 0 Å². The minimum absolute atomic E-state index is 0.0261. The molecule has 2 aliphatic heterocycles. The van der Waals surface area contributed by atoms with Crippen molar-refractivity contribution in [2.75, 3.05) is 13.1 Å². The number of fused-ring (bicyclic) bond motifs is 1. The van der Waals surface area contributed by atoms with Gasteiger partial charge in [-0.3, -0.25) is 14.4 Å². The van der Waals surface area contributed by atoms with Gasteiger partial charge in [-0.2, -0.15) is 0 Å². The van der Waals surface area contributed by atoms with Gasteiger partial charge in [-0.15, -0.1) is 0 Å². The van der Waals surface area contributed by atoms with Crippen molar-refractivity contribution in [3.8, 4) is 0 Å². The Hall–Kier alpha value is -3.09. The predicted molar refractivity (Wildman–Crippen MR) is 101 cm³/mol. The smallest absolute Gasteiger partial charge is 0.251 e. The molecule has 0 radical (unpaired) electrons. The maximum Gasteiger partial charge on any atom is 0.251 e. The summed E-state index contributed by atoms with van der Waals surface area (Å²) in [5.41, 5.74) is 1.43. The highest BCUT2D eigenvalue weighted by molar-refractivity contribution is 5.95. The Morgan fingerprint density at radius 1 is 1.14 bits per heavy atom. The van der Waals surface area contributed by atoms with Crippen LogP contribution < -0.4 is 5.32 Å². The average molecular weight is 381 g/mol. The number of piperidine rings is 1. The van der Waals surface area contributed by atoms with Crippen molar-refractivity contribution in [1.29, 1.82) is 0 Å². The van der Waals surface area contributed by atoms with Crippen molar-refractivity contribution in [1.82, 2.24) is 15.1 Å². The van der Waals surface area contributed by atoms with Gasteiger partial charge in [0.15, 0.2) is 0 Å². The third-order valence-corrected chi connectivity index (χ3v) is 5.34. The number of piperazine rings is 1. The first-order valence-corrected chi connectivity index (χ1v) is 9.59. The molecule has 2 fully saturated rings. The van der Waals surface area contributed by atoms with Crippen LogP contribution in [0.2, 0.25) is 0 Å². The van der Waals surface area contributed by atoms with Crippen LogP contribution in [0.1, 0.15) is 40.9 Å². The molecular formula is C21H23N3O4. The summed E-state index contributed by atoms with van der Waals surface area (Å²) in [7, 11) is 0. The molecule has 28 heavy (non-hydrogen) atoms. The van der Waals surface area contributed by atoms with Gasteiger partial charge >= 0.3 is 0 Å². The van der Waals surface area contributed by atoms with Gasteiger partial charge in [0.1, 0.15) is 18.3 Å². The van der Waals surface area contributed by atoms with Crippen LogP contribution >= 0.6 is 0 Å². The van der Waals surface area contributed by atoms with E-state index in [0.717, 1.165) is 24.8 Å². The first-order chi connectivity index (χ1) is 13.6. The quantitative estimate of drug-likeness (QED) is 0.858. The Bertz CT molecular complexity index is 860. The number of benzene rings is 1. The van der Waals surface area contributed by atoms with Gasteiger partial charge in [0.2, 0.25) is 11.8 Å². The monoisotopic (exact) mass is 381 g/mol. The van der Waals surface area contributed by atoms with Gasteiger partial charge in [0.25, 0.3) is 5.91 Å². The lowest BCUT2D eigenvalue weighted by molar-refractivity contribution is -0.158. The van der Waals surface area contributed by atoms with E-state index in [1.807, 2.05) is 12.1 Å². The van der Waals surface area contributed by atoms with E-state index >= 15 is 0 Å². The number of furan rings is 1. The van der Waals surface area contributed by atoms with Gasteiger partial charge in [-0.25, -0.2) is 0 Å². The molecule has 0 saturated carbocycles. The molecule has 0 bridgehead atoms. The van der Waals surface area contributed by atoms with Crippen LogP contribution in [0.4, 0.5) is 0 Å². The zero-order chi connectivity index (χ0) is 19.5.